The second kappa shape index (κ2) is 4.12. The number of hydrogen-bond acceptors (Lipinski definition) is 1. The second-order valence-corrected chi connectivity index (χ2v) is 5.55. The Balaban J connectivity index is 1.75. The van der Waals surface area contributed by atoms with Gasteiger partial charge >= 0.3 is 0 Å². The summed E-state index contributed by atoms with van der Waals surface area (Å²) in [5, 5.41) is 0. The Morgan fingerprint density at radius 2 is 1.50 bits per heavy atom. The molecule has 1 nitrogen and oxygen atoms in total. The van der Waals surface area contributed by atoms with E-state index in [1.165, 1.54) is 50.0 Å². The van der Waals surface area contributed by atoms with Gasteiger partial charge in [-0.1, -0.05) is 30.5 Å². The molecule has 1 heterocycles. The highest BCUT2D eigenvalue weighted by Gasteiger charge is 2.34. The first-order valence-corrected chi connectivity index (χ1v) is 6.64. The maximum Gasteiger partial charge on any atom is 0.0366 e. The zero-order chi connectivity index (χ0) is 11.0. The molecule has 2 fully saturated rings. The van der Waals surface area contributed by atoms with Crippen LogP contribution in [0.4, 0.5) is 5.69 Å². The van der Waals surface area contributed by atoms with Gasteiger partial charge in [-0.15, -0.1) is 0 Å². The fraction of sp³-hybridized carbons (Fsp3) is 0.600. The highest BCUT2D eigenvalue weighted by molar-refractivity contribution is 5.48. The van der Waals surface area contributed by atoms with Crippen LogP contribution in [0.2, 0.25) is 0 Å². The Labute approximate surface area is 98.5 Å². The standard InChI is InChI=1S/C15H21N/c1-12-6-8-15(9-7-12)16-10-13-4-2-3-5-14(13)11-16/h6-9,13-14H,2-5,10-11H2,1H3. The Hall–Kier alpha value is -0.980. The molecule has 2 unspecified atom stereocenters. The molecule has 1 aromatic rings. The highest BCUT2D eigenvalue weighted by Crippen LogP contribution is 2.37. The molecule has 2 aliphatic rings. The van der Waals surface area contributed by atoms with Crippen LogP contribution in [0.3, 0.4) is 0 Å². The molecule has 0 amide bonds. The second-order valence-electron chi connectivity index (χ2n) is 5.55. The first kappa shape index (κ1) is 10.2. The summed E-state index contributed by atoms with van der Waals surface area (Å²) in [5.41, 5.74) is 2.79. The molecular formula is C15H21N. The zero-order valence-electron chi connectivity index (χ0n) is 10.2. The average Bonchev–Trinajstić information content (AvgIpc) is 2.73. The molecule has 86 valence electrons. The van der Waals surface area contributed by atoms with E-state index in [4.69, 9.17) is 0 Å². The number of fused-ring (bicyclic) bond motifs is 1. The number of rotatable bonds is 1. The van der Waals surface area contributed by atoms with E-state index < -0.39 is 0 Å². The van der Waals surface area contributed by atoms with Gasteiger partial charge in [0.1, 0.15) is 0 Å². The van der Waals surface area contributed by atoms with Crippen molar-refractivity contribution >= 4 is 5.69 Å². The van der Waals surface area contributed by atoms with Crippen molar-refractivity contribution in [3.8, 4) is 0 Å². The van der Waals surface area contributed by atoms with Gasteiger partial charge < -0.3 is 4.90 Å². The quantitative estimate of drug-likeness (QED) is 0.691. The van der Waals surface area contributed by atoms with Crippen molar-refractivity contribution in [3.63, 3.8) is 0 Å². The summed E-state index contributed by atoms with van der Waals surface area (Å²) in [4.78, 5) is 2.60. The third-order valence-electron chi connectivity index (χ3n) is 4.38. The van der Waals surface area contributed by atoms with E-state index >= 15 is 0 Å². The normalized spacial score (nSPS) is 29.2. The largest absolute Gasteiger partial charge is 0.371 e. The van der Waals surface area contributed by atoms with Crippen molar-refractivity contribution in [2.24, 2.45) is 11.8 Å². The molecule has 1 saturated heterocycles. The minimum absolute atomic E-state index is 0.982. The van der Waals surface area contributed by atoms with E-state index in [-0.39, 0.29) is 0 Å². The summed E-state index contributed by atoms with van der Waals surface area (Å²) >= 11 is 0. The molecular weight excluding hydrogens is 194 g/mol. The molecule has 1 aliphatic heterocycles. The summed E-state index contributed by atoms with van der Waals surface area (Å²) in [6, 6.07) is 9.04. The first-order chi connectivity index (χ1) is 7.83. The van der Waals surface area contributed by atoms with E-state index in [0.29, 0.717) is 0 Å². The van der Waals surface area contributed by atoms with Crippen LogP contribution in [0.5, 0.6) is 0 Å². The molecule has 2 atom stereocenters. The van der Waals surface area contributed by atoms with Crippen molar-refractivity contribution < 1.29 is 0 Å². The third-order valence-corrected chi connectivity index (χ3v) is 4.38. The van der Waals surface area contributed by atoms with Gasteiger partial charge in [0.05, 0.1) is 0 Å². The molecule has 1 saturated carbocycles. The zero-order valence-corrected chi connectivity index (χ0v) is 10.2. The van der Waals surface area contributed by atoms with Gasteiger partial charge in [0, 0.05) is 18.8 Å². The summed E-state index contributed by atoms with van der Waals surface area (Å²) in [6.45, 7) is 4.76. The Morgan fingerprint density at radius 3 is 2.06 bits per heavy atom. The maximum atomic E-state index is 2.60. The number of benzene rings is 1. The Morgan fingerprint density at radius 1 is 0.938 bits per heavy atom. The summed E-state index contributed by atoms with van der Waals surface area (Å²) < 4.78 is 0. The smallest absolute Gasteiger partial charge is 0.0366 e. The van der Waals surface area contributed by atoms with Crippen molar-refractivity contribution in [1.29, 1.82) is 0 Å². The molecule has 0 aromatic heterocycles. The van der Waals surface area contributed by atoms with Crippen LogP contribution >= 0.6 is 0 Å². The highest BCUT2D eigenvalue weighted by atomic mass is 15.2. The van der Waals surface area contributed by atoms with Gasteiger partial charge in [-0.05, 0) is 43.7 Å². The number of nitrogens with zero attached hydrogens (tertiary/aromatic N) is 1. The lowest BCUT2D eigenvalue weighted by Crippen LogP contribution is -2.19. The van der Waals surface area contributed by atoms with Crippen LogP contribution in [-0.2, 0) is 0 Å². The van der Waals surface area contributed by atoms with Crippen LogP contribution in [0.25, 0.3) is 0 Å². The van der Waals surface area contributed by atoms with E-state index in [1.54, 1.807) is 0 Å². The number of anilines is 1. The van der Waals surface area contributed by atoms with Gasteiger partial charge in [-0.2, -0.15) is 0 Å². The summed E-state index contributed by atoms with van der Waals surface area (Å²) in [5.74, 6) is 1.96. The molecule has 1 aliphatic carbocycles. The summed E-state index contributed by atoms with van der Waals surface area (Å²) in [7, 11) is 0. The molecule has 0 N–H and O–H groups in total. The molecule has 0 spiro atoms. The van der Waals surface area contributed by atoms with Crippen LogP contribution in [0, 0.1) is 18.8 Å². The molecule has 16 heavy (non-hydrogen) atoms. The van der Waals surface area contributed by atoms with Crippen molar-refractivity contribution in [1.82, 2.24) is 0 Å². The van der Waals surface area contributed by atoms with Crippen molar-refractivity contribution in [2.45, 2.75) is 32.6 Å². The van der Waals surface area contributed by atoms with E-state index in [2.05, 4.69) is 36.1 Å². The van der Waals surface area contributed by atoms with Gasteiger partial charge in [0.15, 0.2) is 0 Å². The van der Waals surface area contributed by atoms with Gasteiger partial charge in [0.2, 0.25) is 0 Å². The van der Waals surface area contributed by atoms with Gasteiger partial charge in [0.25, 0.3) is 0 Å². The lowest BCUT2D eigenvalue weighted by Gasteiger charge is -2.22. The number of aryl methyl sites for hydroxylation is 1. The van der Waals surface area contributed by atoms with Crippen LogP contribution in [0.1, 0.15) is 31.2 Å². The average molecular weight is 215 g/mol. The topological polar surface area (TPSA) is 3.24 Å². The van der Waals surface area contributed by atoms with Crippen LogP contribution in [-0.4, -0.2) is 13.1 Å². The molecule has 3 rings (SSSR count). The lowest BCUT2D eigenvalue weighted by atomic mass is 9.82. The van der Waals surface area contributed by atoms with Crippen LogP contribution in [0.15, 0.2) is 24.3 Å². The summed E-state index contributed by atoms with van der Waals surface area (Å²) in [6.07, 6.45) is 5.85. The van der Waals surface area contributed by atoms with E-state index in [1.807, 2.05) is 0 Å². The fourth-order valence-electron chi connectivity index (χ4n) is 3.37. The van der Waals surface area contributed by atoms with Gasteiger partial charge in [-0.3, -0.25) is 0 Å². The Bertz CT molecular complexity index is 340. The maximum absolute atomic E-state index is 2.60. The minimum Gasteiger partial charge on any atom is -0.371 e. The predicted molar refractivity (Wildman–Crippen MR) is 68.8 cm³/mol. The molecule has 0 bridgehead atoms. The van der Waals surface area contributed by atoms with E-state index in [9.17, 15) is 0 Å². The van der Waals surface area contributed by atoms with Crippen molar-refractivity contribution in [3.05, 3.63) is 29.8 Å². The minimum atomic E-state index is 0.982. The molecule has 0 radical (unpaired) electrons. The van der Waals surface area contributed by atoms with Crippen LogP contribution < -0.4 is 4.90 Å². The van der Waals surface area contributed by atoms with Crippen molar-refractivity contribution in [2.75, 3.05) is 18.0 Å². The lowest BCUT2D eigenvalue weighted by molar-refractivity contribution is 0.299. The predicted octanol–water partition coefficient (Wildman–Crippen LogP) is 3.62. The van der Waals surface area contributed by atoms with Gasteiger partial charge in [-0.25, -0.2) is 0 Å². The van der Waals surface area contributed by atoms with E-state index in [0.717, 1.165) is 11.8 Å². The SMILES string of the molecule is Cc1ccc(N2CC3CCCCC3C2)cc1. The fourth-order valence-corrected chi connectivity index (χ4v) is 3.37. The monoisotopic (exact) mass is 215 g/mol. The Kier molecular flexibility index (Phi) is 2.62. The first-order valence-electron chi connectivity index (χ1n) is 6.64. The number of hydrogen-bond donors (Lipinski definition) is 0. The third kappa shape index (κ3) is 1.83. The molecule has 1 heteroatoms. The molecule has 1 aromatic carbocycles.